The van der Waals surface area contributed by atoms with E-state index in [1.54, 1.807) is 13.3 Å². The van der Waals surface area contributed by atoms with Crippen molar-refractivity contribution in [3.05, 3.63) is 66.0 Å². The third-order valence-electron chi connectivity index (χ3n) is 5.54. The minimum Gasteiger partial charge on any atom is -0.497 e. The SMILES string of the molecule is COc1ccc(CCC(=O)N2CCC(c3ccc4cccnc4n3)CC2)cc1. The van der Waals surface area contributed by atoms with Crippen LogP contribution in [0.3, 0.4) is 0 Å². The molecule has 2 aromatic heterocycles. The maximum atomic E-state index is 12.6. The first-order valence-electron chi connectivity index (χ1n) is 9.85. The fourth-order valence-electron chi connectivity index (χ4n) is 3.82. The van der Waals surface area contributed by atoms with Gasteiger partial charge in [0.1, 0.15) is 5.75 Å². The molecule has 144 valence electrons. The molecule has 4 rings (SSSR count). The molecule has 3 aromatic rings. The number of hydrogen-bond acceptors (Lipinski definition) is 4. The van der Waals surface area contributed by atoms with Gasteiger partial charge in [-0.05, 0) is 61.2 Å². The number of pyridine rings is 2. The number of benzene rings is 1. The Morgan fingerprint density at radius 1 is 1.11 bits per heavy atom. The van der Waals surface area contributed by atoms with Crippen LogP contribution in [-0.2, 0) is 11.2 Å². The highest BCUT2D eigenvalue weighted by atomic mass is 16.5. The monoisotopic (exact) mass is 375 g/mol. The number of nitrogens with zero attached hydrogens (tertiary/aromatic N) is 3. The lowest BCUT2D eigenvalue weighted by Gasteiger charge is -2.32. The predicted octanol–water partition coefficient (Wildman–Crippen LogP) is 3.98. The third kappa shape index (κ3) is 4.14. The van der Waals surface area contributed by atoms with Crippen LogP contribution in [0.4, 0.5) is 0 Å². The van der Waals surface area contributed by atoms with E-state index in [1.165, 1.54) is 0 Å². The third-order valence-corrected chi connectivity index (χ3v) is 5.54. The van der Waals surface area contributed by atoms with Gasteiger partial charge >= 0.3 is 0 Å². The van der Waals surface area contributed by atoms with Gasteiger partial charge in [0, 0.05) is 42.7 Å². The lowest BCUT2D eigenvalue weighted by Crippen LogP contribution is -2.38. The molecule has 5 heteroatoms. The summed E-state index contributed by atoms with van der Waals surface area (Å²) < 4.78 is 5.18. The molecule has 1 saturated heterocycles. The summed E-state index contributed by atoms with van der Waals surface area (Å²) in [6.07, 6.45) is 5.01. The van der Waals surface area contributed by atoms with Gasteiger partial charge in [-0.3, -0.25) is 4.79 Å². The number of aromatic nitrogens is 2. The van der Waals surface area contributed by atoms with Gasteiger partial charge in [0.05, 0.1) is 7.11 Å². The summed E-state index contributed by atoms with van der Waals surface area (Å²) in [5.41, 5.74) is 3.06. The van der Waals surface area contributed by atoms with Crippen molar-refractivity contribution >= 4 is 16.9 Å². The van der Waals surface area contributed by atoms with Crippen molar-refractivity contribution in [1.29, 1.82) is 0 Å². The van der Waals surface area contributed by atoms with Gasteiger partial charge in [0.2, 0.25) is 5.91 Å². The lowest BCUT2D eigenvalue weighted by molar-refractivity contribution is -0.132. The van der Waals surface area contributed by atoms with Crippen LogP contribution in [0.2, 0.25) is 0 Å². The van der Waals surface area contributed by atoms with E-state index in [0.717, 1.165) is 60.4 Å². The number of aryl methyl sites for hydroxylation is 1. The van der Waals surface area contributed by atoms with Crippen molar-refractivity contribution in [2.45, 2.75) is 31.6 Å². The van der Waals surface area contributed by atoms with Crippen molar-refractivity contribution in [3.8, 4) is 5.75 Å². The van der Waals surface area contributed by atoms with Gasteiger partial charge < -0.3 is 9.64 Å². The van der Waals surface area contributed by atoms with E-state index in [4.69, 9.17) is 9.72 Å². The first kappa shape index (κ1) is 18.4. The number of likely N-dealkylation sites (tertiary alicyclic amines) is 1. The minimum absolute atomic E-state index is 0.238. The molecular weight excluding hydrogens is 350 g/mol. The maximum Gasteiger partial charge on any atom is 0.222 e. The first-order valence-corrected chi connectivity index (χ1v) is 9.85. The topological polar surface area (TPSA) is 55.3 Å². The second-order valence-corrected chi connectivity index (χ2v) is 7.29. The van der Waals surface area contributed by atoms with E-state index in [-0.39, 0.29) is 5.91 Å². The average molecular weight is 375 g/mol. The van der Waals surface area contributed by atoms with Crippen LogP contribution in [0.15, 0.2) is 54.7 Å². The van der Waals surface area contributed by atoms with E-state index in [0.29, 0.717) is 12.3 Å². The van der Waals surface area contributed by atoms with Crippen LogP contribution in [0.5, 0.6) is 5.75 Å². The molecule has 0 N–H and O–H groups in total. The molecular formula is C23H25N3O2. The summed E-state index contributed by atoms with van der Waals surface area (Å²) in [6, 6.07) is 16.1. The van der Waals surface area contributed by atoms with Crippen molar-refractivity contribution in [2.24, 2.45) is 0 Å². The zero-order chi connectivity index (χ0) is 19.3. The zero-order valence-electron chi connectivity index (χ0n) is 16.2. The Balaban J connectivity index is 1.30. The number of rotatable bonds is 5. The van der Waals surface area contributed by atoms with Gasteiger partial charge in [-0.25, -0.2) is 9.97 Å². The average Bonchev–Trinajstić information content (AvgIpc) is 2.77. The number of amides is 1. The van der Waals surface area contributed by atoms with Gasteiger partial charge in [0.15, 0.2) is 5.65 Å². The van der Waals surface area contributed by atoms with Crippen LogP contribution in [0.1, 0.15) is 36.4 Å². The number of methoxy groups -OCH3 is 1. The molecule has 0 bridgehead atoms. The van der Waals surface area contributed by atoms with Crippen LogP contribution in [-0.4, -0.2) is 41.0 Å². The lowest BCUT2D eigenvalue weighted by atomic mass is 9.92. The Hall–Kier alpha value is -2.95. The van der Waals surface area contributed by atoms with E-state index in [2.05, 4.69) is 17.1 Å². The summed E-state index contributed by atoms with van der Waals surface area (Å²) >= 11 is 0. The van der Waals surface area contributed by atoms with Crippen LogP contribution < -0.4 is 4.74 Å². The Morgan fingerprint density at radius 3 is 2.64 bits per heavy atom. The predicted molar refractivity (Wildman–Crippen MR) is 109 cm³/mol. The largest absolute Gasteiger partial charge is 0.497 e. The summed E-state index contributed by atoms with van der Waals surface area (Å²) in [5, 5.41) is 1.07. The second kappa shape index (κ2) is 8.38. The van der Waals surface area contributed by atoms with Gasteiger partial charge in [-0.2, -0.15) is 0 Å². The van der Waals surface area contributed by atoms with Gasteiger partial charge in [0.25, 0.3) is 0 Å². The number of ether oxygens (including phenoxy) is 1. The highest BCUT2D eigenvalue weighted by Crippen LogP contribution is 2.28. The van der Waals surface area contributed by atoms with Crippen molar-refractivity contribution in [1.82, 2.24) is 14.9 Å². The van der Waals surface area contributed by atoms with Crippen LogP contribution in [0.25, 0.3) is 11.0 Å². The number of carbonyl (C=O) groups is 1. The molecule has 0 saturated carbocycles. The summed E-state index contributed by atoms with van der Waals surface area (Å²) in [4.78, 5) is 23.7. The highest BCUT2D eigenvalue weighted by molar-refractivity contribution is 5.76. The smallest absolute Gasteiger partial charge is 0.222 e. The number of hydrogen-bond donors (Lipinski definition) is 0. The Labute approximate surface area is 165 Å². The Morgan fingerprint density at radius 2 is 1.89 bits per heavy atom. The fourth-order valence-corrected chi connectivity index (χ4v) is 3.82. The molecule has 28 heavy (non-hydrogen) atoms. The van der Waals surface area contributed by atoms with E-state index in [9.17, 15) is 4.79 Å². The normalized spacial score (nSPS) is 15.0. The van der Waals surface area contributed by atoms with Gasteiger partial charge in [-0.15, -0.1) is 0 Å². The Bertz CT molecular complexity index is 947. The zero-order valence-corrected chi connectivity index (χ0v) is 16.2. The van der Waals surface area contributed by atoms with Crippen molar-refractivity contribution in [2.75, 3.05) is 20.2 Å². The molecule has 1 amide bonds. The molecule has 1 aliphatic heterocycles. The maximum absolute atomic E-state index is 12.6. The molecule has 0 spiro atoms. The second-order valence-electron chi connectivity index (χ2n) is 7.29. The molecule has 0 atom stereocenters. The molecule has 5 nitrogen and oxygen atoms in total. The van der Waals surface area contributed by atoms with E-state index in [1.807, 2.05) is 41.3 Å². The molecule has 0 unspecified atom stereocenters. The Kier molecular flexibility index (Phi) is 5.51. The standard InChI is InChI=1S/C23H25N3O2/c1-28-20-8-4-17(5-9-20)6-11-22(27)26-15-12-18(13-16-26)21-10-7-19-3-2-14-24-23(19)25-21/h2-5,7-10,14,18H,6,11-13,15-16H2,1H3. The fraction of sp³-hybridized carbons (Fsp3) is 0.348. The summed E-state index contributed by atoms with van der Waals surface area (Å²) in [7, 11) is 1.66. The first-order chi connectivity index (χ1) is 13.7. The number of carbonyl (C=O) groups excluding carboxylic acids is 1. The highest BCUT2D eigenvalue weighted by Gasteiger charge is 2.24. The molecule has 3 heterocycles. The number of piperidine rings is 1. The van der Waals surface area contributed by atoms with Crippen molar-refractivity contribution < 1.29 is 9.53 Å². The summed E-state index contributed by atoms with van der Waals surface area (Å²) in [6.45, 7) is 1.60. The summed E-state index contributed by atoms with van der Waals surface area (Å²) in [5.74, 6) is 1.48. The van der Waals surface area contributed by atoms with Crippen molar-refractivity contribution in [3.63, 3.8) is 0 Å². The quantitative estimate of drug-likeness (QED) is 0.677. The molecule has 1 fully saturated rings. The number of fused-ring (bicyclic) bond motifs is 1. The van der Waals surface area contributed by atoms with Gasteiger partial charge in [-0.1, -0.05) is 12.1 Å². The molecule has 1 aliphatic rings. The van der Waals surface area contributed by atoms with Crippen LogP contribution in [0, 0.1) is 0 Å². The molecule has 1 aromatic carbocycles. The van der Waals surface area contributed by atoms with Crippen LogP contribution >= 0.6 is 0 Å². The molecule has 0 radical (unpaired) electrons. The van der Waals surface area contributed by atoms with E-state index < -0.39 is 0 Å². The van der Waals surface area contributed by atoms with E-state index >= 15 is 0 Å². The molecule has 0 aliphatic carbocycles. The minimum atomic E-state index is 0.238.